The van der Waals surface area contributed by atoms with Crippen molar-refractivity contribution in [3.8, 4) is 0 Å². The lowest BCUT2D eigenvalue weighted by Gasteiger charge is -2.34. The minimum Gasteiger partial charge on any atom is -0.466 e. The van der Waals surface area contributed by atoms with Gasteiger partial charge in [-0.3, -0.25) is 4.79 Å². The molecule has 0 bridgehead atoms. The lowest BCUT2D eigenvalue weighted by Crippen LogP contribution is -2.44. The second kappa shape index (κ2) is 7.37. The highest BCUT2D eigenvalue weighted by atomic mass is 16.5. The first-order valence-electron chi connectivity index (χ1n) is 7.79. The van der Waals surface area contributed by atoms with E-state index in [0.717, 1.165) is 5.56 Å². The van der Waals surface area contributed by atoms with E-state index in [1.165, 1.54) is 17.3 Å². The molecular formula is C17H23N3O3. The van der Waals surface area contributed by atoms with E-state index in [1.807, 2.05) is 38.1 Å². The van der Waals surface area contributed by atoms with Crippen LogP contribution in [0.2, 0.25) is 0 Å². The molecule has 6 heteroatoms. The van der Waals surface area contributed by atoms with Crippen molar-refractivity contribution in [2.24, 2.45) is 5.92 Å². The molecule has 0 saturated heterocycles. The van der Waals surface area contributed by atoms with Crippen LogP contribution in [0.4, 0.5) is 0 Å². The van der Waals surface area contributed by atoms with Gasteiger partial charge in [0.1, 0.15) is 18.3 Å². The van der Waals surface area contributed by atoms with Crippen molar-refractivity contribution in [3.05, 3.63) is 48.0 Å². The Labute approximate surface area is 136 Å². The Kier molecular flexibility index (Phi) is 5.50. The van der Waals surface area contributed by atoms with Gasteiger partial charge < -0.3 is 9.84 Å². The molecule has 0 aliphatic carbocycles. The third-order valence-electron chi connectivity index (χ3n) is 3.98. The second-order valence-electron chi connectivity index (χ2n) is 5.60. The fourth-order valence-corrected chi connectivity index (χ4v) is 2.75. The summed E-state index contributed by atoms with van der Waals surface area (Å²) in [7, 11) is 0. The van der Waals surface area contributed by atoms with Crippen LogP contribution in [0, 0.1) is 12.8 Å². The van der Waals surface area contributed by atoms with E-state index in [2.05, 4.69) is 10.1 Å². The molecule has 1 aromatic carbocycles. The Hall–Kier alpha value is -2.21. The molecule has 0 spiro atoms. The van der Waals surface area contributed by atoms with Gasteiger partial charge in [-0.05, 0) is 25.8 Å². The van der Waals surface area contributed by atoms with Crippen LogP contribution in [0.25, 0.3) is 0 Å². The Morgan fingerprint density at radius 3 is 2.57 bits per heavy atom. The van der Waals surface area contributed by atoms with Crippen LogP contribution < -0.4 is 0 Å². The fraction of sp³-hybridized carbons (Fsp3) is 0.471. The van der Waals surface area contributed by atoms with Crippen molar-refractivity contribution in [1.82, 2.24) is 14.8 Å². The van der Waals surface area contributed by atoms with Gasteiger partial charge in [-0.25, -0.2) is 9.67 Å². The van der Waals surface area contributed by atoms with E-state index in [-0.39, 0.29) is 13.2 Å². The predicted molar refractivity (Wildman–Crippen MR) is 85.5 cm³/mol. The molecule has 23 heavy (non-hydrogen) atoms. The van der Waals surface area contributed by atoms with Crippen LogP contribution in [0.5, 0.6) is 0 Å². The van der Waals surface area contributed by atoms with Crippen LogP contribution in [0.1, 0.15) is 31.4 Å². The van der Waals surface area contributed by atoms with Gasteiger partial charge in [0.25, 0.3) is 0 Å². The minimum absolute atomic E-state index is 0.132. The fourth-order valence-electron chi connectivity index (χ4n) is 2.75. The van der Waals surface area contributed by atoms with Gasteiger partial charge in [0, 0.05) is 0 Å². The maximum absolute atomic E-state index is 12.4. The quantitative estimate of drug-likeness (QED) is 0.791. The largest absolute Gasteiger partial charge is 0.466 e. The summed E-state index contributed by atoms with van der Waals surface area (Å²) in [5.74, 6) is -1.09. The number of ether oxygens (including phenoxy) is 1. The number of esters is 1. The number of carbonyl (C=O) groups excluding carboxylic acids is 1. The van der Waals surface area contributed by atoms with Crippen LogP contribution in [-0.4, -0.2) is 32.4 Å². The van der Waals surface area contributed by atoms with Gasteiger partial charge in [0.2, 0.25) is 0 Å². The molecule has 1 heterocycles. The third kappa shape index (κ3) is 3.76. The van der Waals surface area contributed by atoms with Crippen molar-refractivity contribution in [2.45, 2.75) is 39.3 Å². The topological polar surface area (TPSA) is 77.2 Å². The highest BCUT2D eigenvalue weighted by Gasteiger charge is 2.43. The summed E-state index contributed by atoms with van der Waals surface area (Å²) in [6.45, 7) is 6.01. The molecular weight excluding hydrogens is 294 g/mol. The first kappa shape index (κ1) is 17.1. The van der Waals surface area contributed by atoms with Crippen molar-refractivity contribution in [3.63, 3.8) is 0 Å². The lowest BCUT2D eigenvalue weighted by atomic mass is 9.79. The zero-order chi connectivity index (χ0) is 16.9. The maximum Gasteiger partial charge on any atom is 0.312 e. The lowest BCUT2D eigenvalue weighted by molar-refractivity contribution is -0.161. The number of hydrogen-bond acceptors (Lipinski definition) is 5. The second-order valence-corrected chi connectivity index (χ2v) is 5.60. The number of aromatic nitrogens is 3. The molecule has 2 atom stereocenters. The van der Waals surface area contributed by atoms with Crippen LogP contribution >= 0.6 is 0 Å². The van der Waals surface area contributed by atoms with Crippen molar-refractivity contribution in [2.75, 3.05) is 6.61 Å². The van der Waals surface area contributed by atoms with E-state index >= 15 is 0 Å². The summed E-state index contributed by atoms with van der Waals surface area (Å²) in [5, 5.41) is 15.5. The van der Waals surface area contributed by atoms with E-state index in [1.54, 1.807) is 6.92 Å². The molecule has 0 amide bonds. The molecule has 2 unspecified atom stereocenters. The highest BCUT2D eigenvalue weighted by Crippen LogP contribution is 2.35. The first-order valence-corrected chi connectivity index (χ1v) is 7.79. The Bertz CT molecular complexity index is 625. The zero-order valence-corrected chi connectivity index (χ0v) is 13.8. The van der Waals surface area contributed by atoms with Crippen LogP contribution in [-0.2, 0) is 21.7 Å². The normalized spacial score (nSPS) is 15.0. The van der Waals surface area contributed by atoms with Crippen LogP contribution in [0.3, 0.4) is 0 Å². The molecule has 0 aliphatic heterocycles. The molecule has 2 rings (SSSR count). The number of carbonyl (C=O) groups is 1. The summed E-state index contributed by atoms with van der Waals surface area (Å²) in [6, 6.07) is 7.52. The van der Waals surface area contributed by atoms with Gasteiger partial charge in [0.05, 0.1) is 19.1 Å². The molecule has 0 aliphatic rings. The number of hydrogen-bond donors (Lipinski definition) is 1. The van der Waals surface area contributed by atoms with Gasteiger partial charge in [-0.15, -0.1) is 0 Å². The Balaban J connectivity index is 2.44. The molecule has 0 fully saturated rings. The monoisotopic (exact) mass is 317 g/mol. The van der Waals surface area contributed by atoms with E-state index < -0.39 is 17.5 Å². The predicted octanol–water partition coefficient (Wildman–Crippen LogP) is 2.06. The average Bonchev–Trinajstić information content (AvgIpc) is 3.01. The average molecular weight is 317 g/mol. The molecule has 0 radical (unpaired) electrons. The molecule has 1 N–H and O–H groups in total. The number of nitrogens with zero attached hydrogens (tertiary/aromatic N) is 3. The Morgan fingerprint density at radius 2 is 2.04 bits per heavy atom. The third-order valence-corrected chi connectivity index (χ3v) is 3.98. The van der Waals surface area contributed by atoms with E-state index in [0.29, 0.717) is 12.0 Å². The molecule has 0 saturated carbocycles. The summed E-state index contributed by atoms with van der Waals surface area (Å²) < 4.78 is 6.69. The smallest absolute Gasteiger partial charge is 0.312 e. The highest BCUT2D eigenvalue weighted by molar-refractivity contribution is 5.74. The van der Waals surface area contributed by atoms with Crippen molar-refractivity contribution in [1.29, 1.82) is 0 Å². The van der Waals surface area contributed by atoms with E-state index in [4.69, 9.17) is 4.74 Å². The number of rotatable bonds is 7. The standard InChI is InChI=1S/C17H23N3O3/c1-4-15(16(21)23-5-2)17(22,10-20-12-18-11-19-20)14-8-6-13(3)7-9-14/h6-9,11-12,15,22H,4-5,10H2,1-3H3. The van der Waals surface area contributed by atoms with Gasteiger partial charge in [0.15, 0.2) is 0 Å². The van der Waals surface area contributed by atoms with Crippen molar-refractivity contribution >= 4 is 5.97 Å². The maximum atomic E-state index is 12.4. The van der Waals surface area contributed by atoms with Gasteiger partial charge >= 0.3 is 5.97 Å². The van der Waals surface area contributed by atoms with E-state index in [9.17, 15) is 9.90 Å². The molecule has 2 aromatic rings. The van der Waals surface area contributed by atoms with Crippen molar-refractivity contribution < 1.29 is 14.6 Å². The summed E-state index contributed by atoms with van der Waals surface area (Å²) in [6.07, 6.45) is 3.38. The number of aryl methyl sites for hydroxylation is 1. The van der Waals surface area contributed by atoms with Gasteiger partial charge in [-0.1, -0.05) is 36.8 Å². The summed E-state index contributed by atoms with van der Waals surface area (Å²) >= 11 is 0. The molecule has 1 aromatic heterocycles. The van der Waals surface area contributed by atoms with Gasteiger partial charge in [-0.2, -0.15) is 5.10 Å². The SMILES string of the molecule is CCOC(=O)C(CC)C(O)(Cn1cncn1)c1ccc(C)cc1. The molecule has 124 valence electrons. The number of benzene rings is 1. The summed E-state index contributed by atoms with van der Waals surface area (Å²) in [4.78, 5) is 16.3. The first-order chi connectivity index (χ1) is 11.0. The minimum atomic E-state index is -1.41. The zero-order valence-electron chi connectivity index (χ0n) is 13.8. The van der Waals surface area contributed by atoms with Crippen LogP contribution in [0.15, 0.2) is 36.9 Å². The number of aliphatic hydroxyl groups is 1. The summed E-state index contributed by atoms with van der Waals surface area (Å²) in [5.41, 5.74) is 0.335. The Morgan fingerprint density at radius 1 is 1.35 bits per heavy atom. The molecule has 6 nitrogen and oxygen atoms in total.